The number of imide groups is 1. The zero-order valence-electron chi connectivity index (χ0n) is 18.4. The van der Waals surface area contributed by atoms with Crippen LogP contribution in [0.15, 0.2) is 72.4 Å². The molecular weight excluding hydrogens is 443 g/mol. The monoisotopic (exact) mass is 464 g/mol. The summed E-state index contributed by atoms with van der Waals surface area (Å²) in [5, 5.41) is 3.45. The number of hydrogen-bond acceptors (Lipinski definition) is 4. The molecule has 5 nitrogen and oxygen atoms in total. The van der Waals surface area contributed by atoms with Crippen LogP contribution in [0, 0.1) is 5.82 Å². The molecule has 3 aromatic carbocycles. The van der Waals surface area contributed by atoms with E-state index in [4.69, 9.17) is 16.3 Å². The lowest BCUT2D eigenvalue weighted by Gasteiger charge is -2.18. The Labute approximate surface area is 196 Å². The van der Waals surface area contributed by atoms with E-state index in [2.05, 4.69) is 19.2 Å². The highest BCUT2D eigenvalue weighted by atomic mass is 35.5. The van der Waals surface area contributed by atoms with E-state index in [9.17, 15) is 14.0 Å². The van der Waals surface area contributed by atoms with E-state index in [0.717, 1.165) is 10.5 Å². The Morgan fingerprint density at radius 2 is 1.61 bits per heavy atom. The highest BCUT2D eigenvalue weighted by Crippen LogP contribution is 2.39. The van der Waals surface area contributed by atoms with Crippen LogP contribution in [0.25, 0.3) is 5.57 Å². The van der Waals surface area contributed by atoms with E-state index in [1.165, 1.54) is 37.4 Å². The van der Waals surface area contributed by atoms with Gasteiger partial charge in [-0.15, -0.1) is 0 Å². The minimum Gasteiger partial charge on any atom is -0.495 e. The molecule has 0 saturated carbocycles. The van der Waals surface area contributed by atoms with E-state index >= 15 is 0 Å². The fraction of sp³-hybridized carbons (Fsp3) is 0.154. The Balaban J connectivity index is 1.82. The van der Waals surface area contributed by atoms with E-state index in [1.807, 2.05) is 24.3 Å². The summed E-state index contributed by atoms with van der Waals surface area (Å²) in [6.07, 6.45) is 0. The maximum Gasteiger partial charge on any atom is 0.282 e. The summed E-state index contributed by atoms with van der Waals surface area (Å²) in [4.78, 5) is 28.1. The Bertz CT molecular complexity index is 1250. The first-order valence-electron chi connectivity index (χ1n) is 10.4. The number of amides is 2. The lowest BCUT2D eigenvalue weighted by molar-refractivity contribution is -0.120. The number of nitrogens with zero attached hydrogens (tertiary/aromatic N) is 1. The van der Waals surface area contributed by atoms with Crippen molar-refractivity contribution in [2.45, 2.75) is 19.8 Å². The molecule has 3 aromatic rings. The molecule has 1 aliphatic heterocycles. The van der Waals surface area contributed by atoms with Gasteiger partial charge < -0.3 is 10.1 Å². The van der Waals surface area contributed by atoms with Crippen molar-refractivity contribution in [1.29, 1.82) is 0 Å². The average Bonchev–Trinajstić information content (AvgIpc) is 3.04. The van der Waals surface area contributed by atoms with Crippen molar-refractivity contribution in [1.82, 2.24) is 0 Å². The second-order valence-corrected chi connectivity index (χ2v) is 8.36. The molecule has 168 valence electrons. The van der Waals surface area contributed by atoms with E-state index in [0.29, 0.717) is 27.9 Å². The third kappa shape index (κ3) is 4.34. The third-order valence-corrected chi connectivity index (χ3v) is 5.68. The van der Waals surface area contributed by atoms with Crippen LogP contribution in [-0.2, 0) is 9.59 Å². The molecule has 7 heteroatoms. The van der Waals surface area contributed by atoms with Crippen LogP contribution in [-0.4, -0.2) is 18.9 Å². The predicted octanol–water partition coefficient (Wildman–Crippen LogP) is 6.01. The Kier molecular flexibility index (Phi) is 6.20. The number of carbonyl (C=O) groups excluding carboxylic acids is 2. The van der Waals surface area contributed by atoms with E-state index < -0.39 is 17.6 Å². The molecule has 0 fully saturated rings. The minimum absolute atomic E-state index is 0.0888. The lowest BCUT2D eigenvalue weighted by atomic mass is 10.0. The smallest absolute Gasteiger partial charge is 0.282 e. The second-order valence-electron chi connectivity index (χ2n) is 7.92. The maximum absolute atomic E-state index is 13.6. The van der Waals surface area contributed by atoms with Crippen LogP contribution in [0.1, 0.15) is 30.9 Å². The summed E-state index contributed by atoms with van der Waals surface area (Å²) in [5.74, 6) is -0.889. The van der Waals surface area contributed by atoms with Crippen molar-refractivity contribution in [3.63, 3.8) is 0 Å². The van der Waals surface area contributed by atoms with Crippen LogP contribution >= 0.6 is 11.6 Å². The first kappa shape index (κ1) is 22.6. The van der Waals surface area contributed by atoms with Crippen LogP contribution in [0.5, 0.6) is 5.75 Å². The molecule has 0 atom stereocenters. The Hall–Kier alpha value is -3.64. The van der Waals surface area contributed by atoms with Gasteiger partial charge in [0.1, 0.15) is 17.3 Å². The van der Waals surface area contributed by atoms with Gasteiger partial charge in [-0.2, -0.15) is 0 Å². The summed E-state index contributed by atoms with van der Waals surface area (Å²) < 4.78 is 18.9. The number of methoxy groups -OCH3 is 1. The second kappa shape index (κ2) is 9.08. The first-order valence-corrected chi connectivity index (χ1v) is 10.8. The SMILES string of the molecule is COc1ccc(Cl)cc1N1C(=O)C(Nc2ccc(C(C)C)cc2)=C(c2ccc(F)cc2)C1=O. The van der Waals surface area contributed by atoms with Gasteiger partial charge in [-0.05, 0) is 59.5 Å². The van der Waals surface area contributed by atoms with Crippen LogP contribution < -0.4 is 15.0 Å². The number of nitrogens with one attached hydrogen (secondary N) is 1. The molecule has 0 saturated heterocycles. The third-order valence-electron chi connectivity index (χ3n) is 5.45. The summed E-state index contributed by atoms with van der Waals surface area (Å²) in [5.41, 5.74) is 2.66. The zero-order chi connectivity index (χ0) is 23.7. The predicted molar refractivity (Wildman–Crippen MR) is 128 cm³/mol. The van der Waals surface area contributed by atoms with Gasteiger partial charge in [-0.3, -0.25) is 9.59 Å². The largest absolute Gasteiger partial charge is 0.495 e. The van der Waals surface area contributed by atoms with Crippen molar-refractivity contribution in [3.05, 3.63) is 94.4 Å². The quantitative estimate of drug-likeness (QED) is 0.454. The van der Waals surface area contributed by atoms with E-state index in [1.54, 1.807) is 12.1 Å². The van der Waals surface area contributed by atoms with Gasteiger partial charge >= 0.3 is 0 Å². The molecule has 0 aliphatic carbocycles. The fourth-order valence-corrected chi connectivity index (χ4v) is 3.85. The molecule has 0 aromatic heterocycles. The summed E-state index contributed by atoms with van der Waals surface area (Å²) in [7, 11) is 1.45. The van der Waals surface area contributed by atoms with E-state index in [-0.39, 0.29) is 17.0 Å². The number of benzene rings is 3. The molecule has 2 amide bonds. The summed E-state index contributed by atoms with van der Waals surface area (Å²) in [6.45, 7) is 4.18. The molecule has 0 spiro atoms. The number of anilines is 2. The molecule has 0 bridgehead atoms. The van der Waals surface area contributed by atoms with Crippen molar-refractivity contribution < 1.29 is 18.7 Å². The standard InChI is InChI=1S/C26H22ClFN2O3/c1-15(2)16-6-11-20(12-7-16)29-24-23(17-4-9-19(28)10-5-17)25(31)30(26(24)32)21-14-18(27)8-13-22(21)33-3/h4-15,29H,1-3H3. The van der Waals surface area contributed by atoms with Gasteiger partial charge in [-0.25, -0.2) is 9.29 Å². The highest BCUT2D eigenvalue weighted by Gasteiger charge is 2.41. The van der Waals surface area contributed by atoms with Crippen LogP contribution in [0.2, 0.25) is 5.02 Å². The molecule has 1 aliphatic rings. The average molecular weight is 465 g/mol. The molecule has 33 heavy (non-hydrogen) atoms. The maximum atomic E-state index is 13.6. The first-order chi connectivity index (χ1) is 15.8. The van der Waals surface area contributed by atoms with Gasteiger partial charge in [-0.1, -0.05) is 49.7 Å². The molecule has 4 rings (SSSR count). The molecule has 0 unspecified atom stereocenters. The van der Waals surface area contributed by atoms with Gasteiger partial charge in [0.05, 0.1) is 18.4 Å². The van der Waals surface area contributed by atoms with Crippen LogP contribution in [0.4, 0.5) is 15.8 Å². The highest BCUT2D eigenvalue weighted by molar-refractivity contribution is 6.46. The summed E-state index contributed by atoms with van der Waals surface area (Å²) in [6, 6.07) is 17.8. The molecule has 1 heterocycles. The topological polar surface area (TPSA) is 58.6 Å². The minimum atomic E-state index is -0.562. The van der Waals surface area contributed by atoms with Crippen molar-refractivity contribution in [3.8, 4) is 5.75 Å². The number of halogens is 2. The normalized spacial score (nSPS) is 13.8. The number of rotatable bonds is 6. The Morgan fingerprint density at radius 1 is 0.939 bits per heavy atom. The zero-order valence-corrected chi connectivity index (χ0v) is 19.1. The molecular formula is C26H22ClFN2O3. The Morgan fingerprint density at radius 3 is 2.21 bits per heavy atom. The fourth-order valence-electron chi connectivity index (χ4n) is 3.68. The van der Waals surface area contributed by atoms with Gasteiger partial charge in [0.15, 0.2) is 0 Å². The lowest BCUT2D eigenvalue weighted by Crippen LogP contribution is -2.32. The molecule has 1 N–H and O–H groups in total. The number of ether oxygens (including phenoxy) is 1. The van der Waals surface area contributed by atoms with Crippen molar-refractivity contribution in [2.24, 2.45) is 0 Å². The molecule has 0 radical (unpaired) electrons. The van der Waals surface area contributed by atoms with Crippen molar-refractivity contribution in [2.75, 3.05) is 17.3 Å². The van der Waals surface area contributed by atoms with Crippen molar-refractivity contribution >= 4 is 40.4 Å². The van der Waals surface area contributed by atoms with Gasteiger partial charge in [0, 0.05) is 10.7 Å². The number of hydrogen-bond donors (Lipinski definition) is 1. The number of carbonyl (C=O) groups is 2. The van der Waals surface area contributed by atoms with Gasteiger partial charge in [0.25, 0.3) is 11.8 Å². The summed E-state index contributed by atoms with van der Waals surface area (Å²) >= 11 is 6.15. The van der Waals surface area contributed by atoms with Gasteiger partial charge in [0.2, 0.25) is 0 Å². The van der Waals surface area contributed by atoms with Crippen LogP contribution in [0.3, 0.4) is 0 Å².